The molecule has 3 aromatic rings. The molecule has 0 saturated heterocycles. The van der Waals surface area contributed by atoms with Crippen LogP contribution in [0, 0.1) is 0 Å². The van der Waals surface area contributed by atoms with Crippen molar-refractivity contribution in [3.05, 3.63) is 65.4 Å². The molecule has 0 atom stereocenters. The van der Waals surface area contributed by atoms with Crippen molar-refractivity contribution in [3.63, 3.8) is 0 Å². The van der Waals surface area contributed by atoms with Crippen LogP contribution in [0.15, 0.2) is 42.7 Å². The molecular weight excluding hydrogens is 359 g/mol. The zero-order chi connectivity index (χ0) is 19.2. The maximum Gasteiger partial charge on any atom is 0.451 e. The Hall–Kier alpha value is -3.23. The summed E-state index contributed by atoms with van der Waals surface area (Å²) < 4.78 is 40.0. The van der Waals surface area contributed by atoms with Gasteiger partial charge in [0.15, 0.2) is 0 Å². The van der Waals surface area contributed by atoms with Gasteiger partial charge in [0.05, 0.1) is 29.7 Å². The van der Waals surface area contributed by atoms with Crippen molar-refractivity contribution in [2.24, 2.45) is 7.05 Å². The van der Waals surface area contributed by atoms with E-state index in [1.165, 1.54) is 11.1 Å². The topological polar surface area (TPSA) is 63.9 Å². The quantitative estimate of drug-likeness (QED) is 0.693. The van der Waals surface area contributed by atoms with Crippen LogP contribution in [-0.2, 0) is 26.3 Å². The number of aryl methyl sites for hydroxylation is 1. The van der Waals surface area contributed by atoms with Crippen molar-refractivity contribution in [2.75, 3.05) is 0 Å². The summed E-state index contributed by atoms with van der Waals surface area (Å²) in [6.07, 6.45) is -2.00. The molecule has 6 nitrogen and oxygen atoms in total. The fraction of sp³-hybridized carbons (Fsp3) is 0.222. The third-order valence-corrected chi connectivity index (χ3v) is 4.41. The summed E-state index contributed by atoms with van der Waals surface area (Å²) in [5, 5.41) is 4.17. The Morgan fingerprint density at radius 2 is 1.85 bits per heavy atom. The van der Waals surface area contributed by atoms with Crippen LogP contribution in [0.4, 0.5) is 13.2 Å². The van der Waals surface area contributed by atoms with Crippen LogP contribution in [-0.4, -0.2) is 30.6 Å². The minimum Gasteiger partial charge on any atom is -0.328 e. The van der Waals surface area contributed by atoms with Crippen LogP contribution in [0.25, 0.3) is 11.3 Å². The van der Waals surface area contributed by atoms with E-state index in [2.05, 4.69) is 15.1 Å². The first kappa shape index (κ1) is 17.2. The van der Waals surface area contributed by atoms with Gasteiger partial charge in [-0.15, -0.1) is 0 Å². The van der Waals surface area contributed by atoms with Gasteiger partial charge in [-0.1, -0.05) is 30.3 Å². The number of nitrogens with zero attached hydrogens (tertiary/aromatic N) is 5. The lowest BCUT2D eigenvalue weighted by atomic mass is 10.1. The number of hydrogen-bond donors (Lipinski definition) is 0. The molecule has 0 unspecified atom stereocenters. The summed E-state index contributed by atoms with van der Waals surface area (Å²) in [5.41, 5.74) is 2.60. The van der Waals surface area contributed by atoms with Crippen LogP contribution < -0.4 is 0 Å². The molecule has 27 heavy (non-hydrogen) atoms. The molecule has 1 aliphatic rings. The van der Waals surface area contributed by atoms with Gasteiger partial charge in [-0.25, -0.2) is 9.97 Å². The molecule has 1 amide bonds. The molecule has 0 fully saturated rings. The Kier molecular flexibility index (Phi) is 3.94. The second-order valence-electron chi connectivity index (χ2n) is 6.22. The number of halogens is 3. The van der Waals surface area contributed by atoms with Gasteiger partial charge < -0.3 is 4.90 Å². The van der Waals surface area contributed by atoms with Crippen molar-refractivity contribution >= 4 is 5.91 Å². The Labute approximate surface area is 152 Å². The van der Waals surface area contributed by atoms with E-state index in [0.29, 0.717) is 16.8 Å². The molecule has 138 valence electrons. The Bertz CT molecular complexity index is 1010. The lowest BCUT2D eigenvalue weighted by Gasteiger charge is -2.15. The Morgan fingerprint density at radius 1 is 1.11 bits per heavy atom. The number of amides is 1. The highest BCUT2D eigenvalue weighted by molar-refractivity contribution is 6.00. The summed E-state index contributed by atoms with van der Waals surface area (Å²) in [4.78, 5) is 21.4. The van der Waals surface area contributed by atoms with Gasteiger partial charge >= 0.3 is 6.18 Å². The molecule has 0 spiro atoms. The number of alkyl halides is 3. The van der Waals surface area contributed by atoms with E-state index >= 15 is 0 Å². The van der Waals surface area contributed by atoms with E-state index < -0.39 is 12.0 Å². The Morgan fingerprint density at radius 3 is 2.56 bits per heavy atom. The third kappa shape index (κ3) is 3.05. The van der Waals surface area contributed by atoms with Crippen molar-refractivity contribution < 1.29 is 18.0 Å². The minimum absolute atomic E-state index is 0.00287. The zero-order valence-corrected chi connectivity index (χ0v) is 14.2. The van der Waals surface area contributed by atoms with E-state index in [-0.39, 0.29) is 24.7 Å². The molecule has 3 heterocycles. The van der Waals surface area contributed by atoms with Gasteiger partial charge in [-0.2, -0.15) is 18.3 Å². The molecule has 1 aliphatic heterocycles. The monoisotopic (exact) mass is 373 g/mol. The first-order chi connectivity index (χ1) is 12.8. The SMILES string of the molecule is Cn1ncc(C(=O)N2Cc3cnc(C(F)(F)F)nc3C2)c1-c1ccccc1. The number of benzene rings is 1. The predicted octanol–water partition coefficient (Wildman–Crippen LogP) is 3.05. The molecule has 0 bridgehead atoms. The van der Waals surface area contributed by atoms with Gasteiger partial charge in [-0.3, -0.25) is 9.48 Å². The molecule has 0 radical (unpaired) electrons. The highest BCUT2D eigenvalue weighted by atomic mass is 19.4. The zero-order valence-electron chi connectivity index (χ0n) is 14.2. The highest BCUT2D eigenvalue weighted by Crippen LogP contribution is 2.30. The molecule has 0 N–H and O–H groups in total. The van der Waals surface area contributed by atoms with E-state index in [9.17, 15) is 18.0 Å². The maximum atomic E-state index is 13.0. The number of fused-ring (bicyclic) bond motifs is 1. The first-order valence-electron chi connectivity index (χ1n) is 8.13. The lowest BCUT2D eigenvalue weighted by molar-refractivity contribution is -0.145. The van der Waals surface area contributed by atoms with Gasteiger partial charge in [-0.05, 0) is 0 Å². The molecule has 2 aromatic heterocycles. The highest BCUT2D eigenvalue weighted by Gasteiger charge is 2.37. The lowest BCUT2D eigenvalue weighted by Crippen LogP contribution is -2.25. The number of aromatic nitrogens is 4. The number of rotatable bonds is 2. The second-order valence-corrected chi connectivity index (χ2v) is 6.22. The van der Waals surface area contributed by atoms with Crippen LogP contribution >= 0.6 is 0 Å². The van der Waals surface area contributed by atoms with Crippen molar-refractivity contribution in [1.29, 1.82) is 0 Å². The average Bonchev–Trinajstić information content (AvgIpc) is 3.24. The predicted molar refractivity (Wildman–Crippen MR) is 89.3 cm³/mol. The van der Waals surface area contributed by atoms with Crippen molar-refractivity contribution in [2.45, 2.75) is 19.3 Å². The van der Waals surface area contributed by atoms with Gasteiger partial charge in [0.25, 0.3) is 5.91 Å². The molecule has 1 aromatic carbocycles. The van der Waals surface area contributed by atoms with Crippen LogP contribution in [0.5, 0.6) is 0 Å². The summed E-state index contributed by atoms with van der Waals surface area (Å²) in [6.45, 7) is 0.165. The normalized spacial score (nSPS) is 13.7. The minimum atomic E-state index is -4.61. The van der Waals surface area contributed by atoms with Crippen molar-refractivity contribution in [1.82, 2.24) is 24.6 Å². The van der Waals surface area contributed by atoms with E-state index in [4.69, 9.17) is 0 Å². The third-order valence-electron chi connectivity index (χ3n) is 4.41. The summed E-state index contributed by atoms with van der Waals surface area (Å²) in [6, 6.07) is 9.32. The van der Waals surface area contributed by atoms with E-state index in [1.807, 2.05) is 30.3 Å². The molecule has 0 aliphatic carbocycles. The van der Waals surface area contributed by atoms with Gasteiger partial charge in [0, 0.05) is 30.9 Å². The van der Waals surface area contributed by atoms with E-state index in [0.717, 1.165) is 11.8 Å². The number of carbonyl (C=O) groups excluding carboxylic acids is 1. The summed E-state index contributed by atoms with van der Waals surface area (Å²) in [5.74, 6) is -1.50. The first-order valence-corrected chi connectivity index (χ1v) is 8.13. The smallest absolute Gasteiger partial charge is 0.328 e. The van der Waals surface area contributed by atoms with Gasteiger partial charge in [0.1, 0.15) is 0 Å². The van der Waals surface area contributed by atoms with Crippen LogP contribution in [0.2, 0.25) is 0 Å². The molecule has 4 rings (SSSR count). The van der Waals surface area contributed by atoms with Crippen LogP contribution in [0.1, 0.15) is 27.4 Å². The fourth-order valence-electron chi connectivity index (χ4n) is 3.14. The largest absolute Gasteiger partial charge is 0.451 e. The number of hydrogen-bond acceptors (Lipinski definition) is 4. The maximum absolute atomic E-state index is 13.0. The summed E-state index contributed by atoms with van der Waals surface area (Å²) in [7, 11) is 1.74. The molecule has 0 saturated carbocycles. The van der Waals surface area contributed by atoms with E-state index in [1.54, 1.807) is 11.7 Å². The second kappa shape index (κ2) is 6.19. The number of carbonyl (C=O) groups is 1. The average molecular weight is 373 g/mol. The Balaban J connectivity index is 1.64. The molecule has 9 heteroatoms. The van der Waals surface area contributed by atoms with Gasteiger partial charge in [0.2, 0.25) is 5.82 Å². The summed E-state index contributed by atoms with van der Waals surface area (Å²) >= 11 is 0. The standard InChI is InChI=1S/C18H14F3N5O/c1-25-15(11-5-3-2-4-6-11)13(8-23-25)16(27)26-9-12-7-22-17(18(19,20)21)24-14(12)10-26/h2-8H,9-10H2,1H3. The fourth-order valence-corrected chi connectivity index (χ4v) is 3.14. The van der Waals surface area contributed by atoms with Crippen molar-refractivity contribution in [3.8, 4) is 11.3 Å². The molecular formula is C18H14F3N5O. The van der Waals surface area contributed by atoms with Crippen LogP contribution in [0.3, 0.4) is 0 Å².